The number of fused-ring (bicyclic) bond motifs is 3. The molecule has 7 heteroatoms. The van der Waals surface area contributed by atoms with E-state index in [1.165, 1.54) is 29.2 Å². The second-order valence-electron chi connectivity index (χ2n) is 8.29. The zero-order valence-corrected chi connectivity index (χ0v) is 17.6. The average molecular weight is 433 g/mol. The van der Waals surface area contributed by atoms with Crippen LogP contribution in [-0.2, 0) is 11.2 Å². The molecule has 2 amide bonds. The number of hydrogen-bond acceptors (Lipinski definition) is 3. The van der Waals surface area contributed by atoms with Crippen molar-refractivity contribution < 1.29 is 18.7 Å². The predicted octanol–water partition coefficient (Wildman–Crippen LogP) is 4.97. The van der Waals surface area contributed by atoms with E-state index in [0.717, 1.165) is 42.1 Å². The van der Waals surface area contributed by atoms with E-state index in [1.807, 2.05) is 24.3 Å². The van der Waals surface area contributed by atoms with Crippen molar-refractivity contribution in [3.63, 3.8) is 0 Å². The van der Waals surface area contributed by atoms with Gasteiger partial charge in [-0.1, -0.05) is 31.0 Å². The van der Waals surface area contributed by atoms with Crippen LogP contribution in [0.2, 0.25) is 0 Å². The van der Waals surface area contributed by atoms with Crippen LogP contribution in [0, 0.1) is 5.82 Å². The first-order valence-electron chi connectivity index (χ1n) is 10.9. The van der Waals surface area contributed by atoms with Crippen LogP contribution in [0.15, 0.2) is 54.7 Å². The van der Waals surface area contributed by atoms with E-state index in [0.29, 0.717) is 30.0 Å². The van der Waals surface area contributed by atoms with Crippen LogP contribution in [0.3, 0.4) is 0 Å². The Balaban J connectivity index is 1.48. The zero-order chi connectivity index (χ0) is 22.1. The minimum atomic E-state index is -0.524. The van der Waals surface area contributed by atoms with E-state index in [-0.39, 0.29) is 11.9 Å². The standard InChI is InChI=1S/C25H24FN3O3/c26-17-11-9-16(10-12-17)24(30)29-14-13-20-19-7-3-4-8-21(19)28-23(20)22(15-29)32-25(31)27-18-5-1-2-6-18/h3-4,7-12,15,18,28H,1-2,5-6,13-14H2,(H,27,31). The lowest BCUT2D eigenvalue weighted by Crippen LogP contribution is -2.33. The molecule has 2 aliphatic rings. The minimum absolute atomic E-state index is 0.119. The maximum Gasteiger partial charge on any atom is 0.412 e. The van der Waals surface area contributed by atoms with Gasteiger partial charge in [0.05, 0.1) is 11.9 Å². The van der Waals surface area contributed by atoms with E-state index >= 15 is 0 Å². The summed E-state index contributed by atoms with van der Waals surface area (Å²) in [5.74, 6) is -0.390. The van der Waals surface area contributed by atoms with Gasteiger partial charge in [0.1, 0.15) is 5.82 Å². The van der Waals surface area contributed by atoms with Crippen molar-refractivity contribution in [2.75, 3.05) is 6.54 Å². The molecule has 0 saturated heterocycles. The number of benzene rings is 2. The van der Waals surface area contributed by atoms with Crippen LogP contribution in [0.4, 0.5) is 9.18 Å². The van der Waals surface area contributed by atoms with Gasteiger partial charge in [0.2, 0.25) is 0 Å². The molecule has 1 aromatic heterocycles. The van der Waals surface area contributed by atoms with E-state index < -0.39 is 11.9 Å². The number of nitrogens with zero attached hydrogens (tertiary/aromatic N) is 1. The van der Waals surface area contributed by atoms with Crippen molar-refractivity contribution >= 4 is 28.7 Å². The number of aromatic nitrogens is 1. The third-order valence-electron chi connectivity index (χ3n) is 6.17. The van der Waals surface area contributed by atoms with Crippen molar-refractivity contribution in [2.24, 2.45) is 0 Å². The highest BCUT2D eigenvalue weighted by Crippen LogP contribution is 2.32. The number of amides is 2. The first-order valence-corrected chi connectivity index (χ1v) is 10.9. The van der Waals surface area contributed by atoms with Gasteiger partial charge in [-0.15, -0.1) is 0 Å². The van der Waals surface area contributed by atoms with E-state index in [4.69, 9.17) is 4.74 Å². The lowest BCUT2D eigenvalue weighted by molar-refractivity contribution is 0.0822. The highest BCUT2D eigenvalue weighted by molar-refractivity contribution is 5.97. The molecule has 1 aliphatic heterocycles. The Bertz CT molecular complexity index is 1190. The molecule has 0 radical (unpaired) electrons. The molecule has 2 N–H and O–H groups in total. The van der Waals surface area contributed by atoms with Crippen LogP contribution in [0.1, 0.15) is 47.3 Å². The van der Waals surface area contributed by atoms with Gasteiger partial charge in [0.25, 0.3) is 5.91 Å². The minimum Gasteiger partial charge on any atom is -0.407 e. The molecule has 6 nitrogen and oxygen atoms in total. The van der Waals surface area contributed by atoms with E-state index in [1.54, 1.807) is 6.20 Å². The molecule has 1 saturated carbocycles. The van der Waals surface area contributed by atoms with Crippen LogP contribution in [0.5, 0.6) is 0 Å². The fraction of sp³-hybridized carbons (Fsp3) is 0.280. The Morgan fingerprint density at radius 1 is 1.06 bits per heavy atom. The number of aromatic amines is 1. The molecule has 1 fully saturated rings. The van der Waals surface area contributed by atoms with Crippen molar-refractivity contribution in [1.29, 1.82) is 0 Å². The quantitative estimate of drug-likeness (QED) is 0.612. The summed E-state index contributed by atoms with van der Waals surface area (Å²) < 4.78 is 19.1. The number of para-hydroxylation sites is 1. The van der Waals surface area contributed by atoms with Crippen LogP contribution < -0.4 is 5.32 Å². The summed E-state index contributed by atoms with van der Waals surface area (Å²) in [6.45, 7) is 0.405. The lowest BCUT2D eigenvalue weighted by atomic mass is 10.1. The molecule has 0 bridgehead atoms. The summed E-state index contributed by atoms with van der Waals surface area (Å²) in [6, 6.07) is 13.4. The molecule has 1 aliphatic carbocycles. The van der Waals surface area contributed by atoms with Crippen molar-refractivity contribution in [3.8, 4) is 0 Å². The summed E-state index contributed by atoms with van der Waals surface area (Å²) in [5, 5.41) is 3.96. The van der Waals surface area contributed by atoms with Gasteiger partial charge in [-0.05, 0) is 55.2 Å². The monoisotopic (exact) mass is 433 g/mol. The number of hydrogen-bond donors (Lipinski definition) is 2. The molecule has 5 rings (SSSR count). The molecule has 0 unspecified atom stereocenters. The van der Waals surface area contributed by atoms with Crippen molar-refractivity contribution in [2.45, 2.75) is 38.1 Å². The van der Waals surface area contributed by atoms with Gasteiger partial charge >= 0.3 is 6.09 Å². The maximum atomic E-state index is 13.3. The molecule has 32 heavy (non-hydrogen) atoms. The van der Waals surface area contributed by atoms with Crippen molar-refractivity contribution in [1.82, 2.24) is 15.2 Å². The number of nitrogens with one attached hydrogen (secondary N) is 2. The Hall–Kier alpha value is -3.61. The fourth-order valence-electron chi connectivity index (χ4n) is 4.53. The summed E-state index contributed by atoms with van der Waals surface area (Å²) in [6.07, 6.45) is 5.71. The molecule has 0 spiro atoms. The second kappa shape index (κ2) is 8.49. The van der Waals surface area contributed by atoms with Gasteiger partial charge in [-0.2, -0.15) is 0 Å². The van der Waals surface area contributed by atoms with E-state index in [9.17, 15) is 14.0 Å². The van der Waals surface area contributed by atoms with E-state index in [2.05, 4.69) is 10.3 Å². The first kappa shape index (κ1) is 20.3. The molecular weight excluding hydrogens is 409 g/mol. The molecule has 2 aromatic carbocycles. The van der Waals surface area contributed by atoms with Crippen LogP contribution >= 0.6 is 0 Å². The Labute approximate surface area is 185 Å². The number of alkyl carbamates (subject to hydrolysis) is 1. The Morgan fingerprint density at radius 3 is 2.59 bits per heavy atom. The third kappa shape index (κ3) is 3.98. The highest BCUT2D eigenvalue weighted by Gasteiger charge is 2.27. The normalized spacial score (nSPS) is 16.4. The first-order chi connectivity index (χ1) is 15.6. The smallest absolute Gasteiger partial charge is 0.407 e. The number of rotatable bonds is 3. The molecular formula is C25H24FN3O3. The molecule has 2 heterocycles. The number of halogens is 1. The number of carbonyl (C=O) groups is 2. The average Bonchev–Trinajstić information content (AvgIpc) is 3.39. The van der Waals surface area contributed by atoms with Gasteiger partial charge in [-0.3, -0.25) is 4.79 Å². The van der Waals surface area contributed by atoms with Crippen molar-refractivity contribution in [3.05, 3.63) is 77.4 Å². The largest absolute Gasteiger partial charge is 0.412 e. The van der Waals surface area contributed by atoms with Crippen LogP contribution in [-0.4, -0.2) is 34.5 Å². The van der Waals surface area contributed by atoms with Crippen LogP contribution in [0.25, 0.3) is 16.7 Å². The number of H-pyrrole nitrogens is 1. The molecule has 164 valence electrons. The number of carbonyl (C=O) groups excluding carboxylic acids is 2. The summed E-state index contributed by atoms with van der Waals surface area (Å²) >= 11 is 0. The fourth-order valence-corrected chi connectivity index (χ4v) is 4.53. The third-order valence-corrected chi connectivity index (χ3v) is 6.17. The van der Waals surface area contributed by atoms with Gasteiger partial charge < -0.3 is 19.9 Å². The zero-order valence-electron chi connectivity index (χ0n) is 17.6. The van der Waals surface area contributed by atoms with Gasteiger partial charge in [0.15, 0.2) is 5.76 Å². The SMILES string of the molecule is O=C(NC1CCCC1)OC1=CN(C(=O)c2ccc(F)cc2)CCc2c1[nH]c1ccccc21. The second-order valence-corrected chi connectivity index (χ2v) is 8.29. The van der Waals surface area contributed by atoms with Gasteiger partial charge in [0, 0.05) is 29.1 Å². The predicted molar refractivity (Wildman–Crippen MR) is 119 cm³/mol. The number of ether oxygens (including phenoxy) is 1. The molecule has 3 aromatic rings. The lowest BCUT2D eigenvalue weighted by Gasteiger charge is -2.18. The Morgan fingerprint density at radius 2 is 1.81 bits per heavy atom. The Kier molecular flexibility index (Phi) is 5.39. The summed E-state index contributed by atoms with van der Waals surface area (Å²) in [5.41, 5.74) is 3.01. The summed E-state index contributed by atoms with van der Waals surface area (Å²) in [7, 11) is 0. The molecule has 0 atom stereocenters. The highest BCUT2D eigenvalue weighted by atomic mass is 19.1. The maximum absolute atomic E-state index is 13.3. The topological polar surface area (TPSA) is 74.4 Å². The van der Waals surface area contributed by atoms with Gasteiger partial charge in [-0.25, -0.2) is 9.18 Å². The summed E-state index contributed by atoms with van der Waals surface area (Å²) in [4.78, 5) is 30.6.